The molecule has 0 spiro atoms. The molecule has 3 nitrogen and oxygen atoms in total. The maximum atomic E-state index is 12.4. The third-order valence-corrected chi connectivity index (χ3v) is 5.58. The van der Waals surface area contributed by atoms with E-state index in [0.29, 0.717) is 0 Å². The zero-order valence-corrected chi connectivity index (χ0v) is 14.3. The molecule has 136 valence electrons. The quantitative estimate of drug-likeness (QED) is 0.799. The second kappa shape index (κ2) is 7.89. The van der Waals surface area contributed by atoms with E-state index in [9.17, 15) is 13.2 Å². The number of rotatable bonds is 5. The van der Waals surface area contributed by atoms with E-state index in [1.807, 2.05) is 0 Å². The zero-order valence-electron chi connectivity index (χ0n) is 14.3. The minimum Gasteiger partial charge on any atom is -0.303 e. The Balaban J connectivity index is 1.50. The molecule has 2 heterocycles. The molecule has 2 aliphatic rings. The molecule has 3 rings (SSSR count). The van der Waals surface area contributed by atoms with Crippen molar-refractivity contribution in [1.29, 1.82) is 0 Å². The number of hydrogen-bond donors (Lipinski definition) is 0. The first-order valence-corrected chi connectivity index (χ1v) is 9.34. The number of hydrogen-bond acceptors (Lipinski definition) is 2. The fourth-order valence-corrected chi connectivity index (χ4v) is 4.09. The Bertz CT molecular complexity index is 518. The van der Waals surface area contributed by atoms with Gasteiger partial charge in [0.2, 0.25) is 0 Å². The SMILES string of the molecule is FC(F)(F)CCn1ncc2c1CCN(CCC1CCCCC1)CC2. The molecule has 1 aliphatic carbocycles. The number of nitrogens with zero attached hydrogens (tertiary/aromatic N) is 3. The van der Waals surface area contributed by atoms with Crippen LogP contribution in [0.15, 0.2) is 6.20 Å². The summed E-state index contributed by atoms with van der Waals surface area (Å²) >= 11 is 0. The van der Waals surface area contributed by atoms with Crippen molar-refractivity contribution < 1.29 is 13.2 Å². The van der Waals surface area contributed by atoms with Gasteiger partial charge in [0.1, 0.15) is 0 Å². The predicted octanol–water partition coefficient (Wildman–Crippen LogP) is 4.21. The Hall–Kier alpha value is -1.04. The molecule has 24 heavy (non-hydrogen) atoms. The minimum absolute atomic E-state index is 0.0547. The molecule has 0 N–H and O–H groups in total. The highest BCUT2D eigenvalue weighted by atomic mass is 19.4. The summed E-state index contributed by atoms with van der Waals surface area (Å²) in [4.78, 5) is 2.49. The van der Waals surface area contributed by atoms with Gasteiger partial charge >= 0.3 is 6.18 Å². The van der Waals surface area contributed by atoms with Gasteiger partial charge in [0, 0.05) is 31.7 Å². The standard InChI is InChI=1S/C18H28F3N3/c19-18(20,21)9-13-24-17-8-12-23(11-7-16(17)14-22-24)10-6-15-4-2-1-3-5-15/h14-15H,1-13H2. The van der Waals surface area contributed by atoms with E-state index in [-0.39, 0.29) is 6.54 Å². The van der Waals surface area contributed by atoms with Crippen LogP contribution in [0.1, 0.15) is 56.2 Å². The van der Waals surface area contributed by atoms with Gasteiger partial charge in [0.15, 0.2) is 0 Å². The van der Waals surface area contributed by atoms with E-state index < -0.39 is 12.6 Å². The Morgan fingerprint density at radius 2 is 1.79 bits per heavy atom. The zero-order chi connectivity index (χ0) is 17.0. The number of halogens is 3. The number of alkyl halides is 3. The summed E-state index contributed by atoms with van der Waals surface area (Å²) in [6, 6.07) is 0. The lowest BCUT2D eigenvalue weighted by Gasteiger charge is -2.26. The maximum absolute atomic E-state index is 12.4. The highest BCUT2D eigenvalue weighted by molar-refractivity contribution is 5.20. The second-order valence-electron chi connectivity index (χ2n) is 7.34. The molecule has 1 aromatic heterocycles. The molecule has 0 amide bonds. The van der Waals surface area contributed by atoms with Crippen molar-refractivity contribution >= 4 is 0 Å². The fourth-order valence-electron chi connectivity index (χ4n) is 4.09. The van der Waals surface area contributed by atoms with Crippen molar-refractivity contribution in [2.75, 3.05) is 19.6 Å². The molecule has 0 atom stereocenters. The van der Waals surface area contributed by atoms with E-state index >= 15 is 0 Å². The van der Waals surface area contributed by atoms with Crippen LogP contribution < -0.4 is 0 Å². The molecule has 0 saturated heterocycles. The third-order valence-electron chi connectivity index (χ3n) is 5.58. The van der Waals surface area contributed by atoms with E-state index in [2.05, 4.69) is 10.00 Å². The van der Waals surface area contributed by atoms with Gasteiger partial charge < -0.3 is 4.90 Å². The lowest BCUT2D eigenvalue weighted by Crippen LogP contribution is -2.29. The highest BCUT2D eigenvalue weighted by Gasteiger charge is 2.28. The Labute approximate surface area is 142 Å². The summed E-state index contributed by atoms with van der Waals surface area (Å²) in [7, 11) is 0. The largest absolute Gasteiger partial charge is 0.390 e. The summed E-state index contributed by atoms with van der Waals surface area (Å²) in [5.41, 5.74) is 2.15. The lowest BCUT2D eigenvalue weighted by molar-refractivity contribution is -0.137. The normalized spacial score (nSPS) is 20.8. The Kier molecular flexibility index (Phi) is 5.85. The maximum Gasteiger partial charge on any atom is 0.390 e. The number of fused-ring (bicyclic) bond motifs is 1. The van der Waals surface area contributed by atoms with Crippen LogP contribution in [0.5, 0.6) is 0 Å². The van der Waals surface area contributed by atoms with Crippen molar-refractivity contribution in [2.45, 2.75) is 70.5 Å². The van der Waals surface area contributed by atoms with Crippen LogP contribution in [0.3, 0.4) is 0 Å². The van der Waals surface area contributed by atoms with Crippen LogP contribution in [0, 0.1) is 5.92 Å². The monoisotopic (exact) mass is 343 g/mol. The van der Waals surface area contributed by atoms with Crippen LogP contribution in [0.2, 0.25) is 0 Å². The smallest absolute Gasteiger partial charge is 0.303 e. The summed E-state index contributed by atoms with van der Waals surface area (Å²) in [6.07, 6.45) is 6.76. The van der Waals surface area contributed by atoms with Crippen LogP contribution in [0.25, 0.3) is 0 Å². The molecule has 1 aromatic rings. The molecule has 1 aliphatic heterocycles. The summed E-state index contributed by atoms with van der Waals surface area (Å²) in [5.74, 6) is 0.881. The van der Waals surface area contributed by atoms with Gasteiger partial charge in [-0.25, -0.2) is 0 Å². The average molecular weight is 343 g/mol. The molecule has 0 radical (unpaired) electrons. The van der Waals surface area contributed by atoms with Gasteiger partial charge in [-0.3, -0.25) is 4.68 Å². The summed E-state index contributed by atoms with van der Waals surface area (Å²) in [6.45, 7) is 3.02. The van der Waals surface area contributed by atoms with Crippen LogP contribution in [-0.2, 0) is 19.4 Å². The molecule has 0 bridgehead atoms. The van der Waals surface area contributed by atoms with Gasteiger partial charge in [-0.15, -0.1) is 0 Å². The van der Waals surface area contributed by atoms with Gasteiger partial charge in [-0.2, -0.15) is 18.3 Å². The van der Waals surface area contributed by atoms with E-state index in [4.69, 9.17) is 0 Å². The Morgan fingerprint density at radius 1 is 1.04 bits per heavy atom. The van der Waals surface area contributed by atoms with E-state index in [1.165, 1.54) is 38.5 Å². The van der Waals surface area contributed by atoms with Crippen molar-refractivity contribution in [3.63, 3.8) is 0 Å². The number of aromatic nitrogens is 2. The highest BCUT2D eigenvalue weighted by Crippen LogP contribution is 2.27. The molecule has 0 aromatic carbocycles. The predicted molar refractivity (Wildman–Crippen MR) is 87.9 cm³/mol. The second-order valence-corrected chi connectivity index (χ2v) is 7.34. The van der Waals surface area contributed by atoms with Crippen LogP contribution >= 0.6 is 0 Å². The third kappa shape index (κ3) is 4.98. The van der Waals surface area contributed by atoms with Gasteiger partial charge in [0.05, 0.1) is 12.6 Å². The summed E-state index contributed by atoms with van der Waals surface area (Å²) in [5, 5.41) is 4.19. The van der Waals surface area contributed by atoms with Crippen LogP contribution in [-0.4, -0.2) is 40.5 Å². The van der Waals surface area contributed by atoms with Crippen molar-refractivity contribution in [3.05, 3.63) is 17.5 Å². The molecular formula is C18H28F3N3. The molecular weight excluding hydrogens is 315 g/mol. The summed E-state index contributed by atoms with van der Waals surface area (Å²) < 4.78 is 38.9. The first-order chi connectivity index (χ1) is 11.5. The lowest BCUT2D eigenvalue weighted by atomic mass is 9.87. The van der Waals surface area contributed by atoms with Gasteiger partial charge in [-0.05, 0) is 30.9 Å². The van der Waals surface area contributed by atoms with Crippen LogP contribution in [0.4, 0.5) is 13.2 Å². The molecule has 6 heteroatoms. The fraction of sp³-hybridized carbons (Fsp3) is 0.833. The van der Waals surface area contributed by atoms with Gasteiger partial charge in [0.25, 0.3) is 0 Å². The molecule has 0 unspecified atom stereocenters. The first-order valence-electron chi connectivity index (χ1n) is 9.34. The van der Waals surface area contributed by atoms with E-state index in [1.54, 1.807) is 10.9 Å². The van der Waals surface area contributed by atoms with E-state index in [0.717, 1.165) is 49.7 Å². The average Bonchev–Trinajstić information content (AvgIpc) is 2.83. The molecule has 1 fully saturated rings. The van der Waals surface area contributed by atoms with Crippen molar-refractivity contribution in [3.8, 4) is 0 Å². The van der Waals surface area contributed by atoms with Crippen molar-refractivity contribution in [2.24, 2.45) is 5.92 Å². The Morgan fingerprint density at radius 3 is 2.54 bits per heavy atom. The topological polar surface area (TPSA) is 21.1 Å². The minimum atomic E-state index is -4.12. The molecule has 1 saturated carbocycles. The van der Waals surface area contributed by atoms with Gasteiger partial charge in [-0.1, -0.05) is 32.1 Å². The first kappa shape index (κ1) is 17.8. The van der Waals surface area contributed by atoms with Crippen molar-refractivity contribution in [1.82, 2.24) is 14.7 Å². The number of aryl methyl sites for hydroxylation is 1.